The molecule has 1 heterocycles. The Balaban J connectivity index is 1.99. The molecule has 0 amide bonds. The van der Waals surface area contributed by atoms with E-state index in [2.05, 4.69) is 0 Å². The Morgan fingerprint density at radius 1 is 1.47 bits per heavy atom. The van der Waals surface area contributed by atoms with Crippen molar-refractivity contribution in [2.45, 2.75) is 51.7 Å². The molecular weight excluding hydrogens is 240 g/mol. The fourth-order valence-corrected chi connectivity index (χ4v) is 2.59. The summed E-state index contributed by atoms with van der Waals surface area (Å²) < 4.78 is 11.2. The number of aliphatic hydroxyl groups is 1. The van der Waals surface area contributed by atoms with Gasteiger partial charge in [-0.15, -0.1) is 0 Å². The molecular formula is C16H24O3. The Kier molecular flexibility index (Phi) is 5.23. The van der Waals surface area contributed by atoms with Crippen LogP contribution in [-0.2, 0) is 4.74 Å². The Hall–Kier alpha value is -1.06. The molecule has 1 aliphatic heterocycles. The lowest BCUT2D eigenvalue weighted by Gasteiger charge is -2.18. The first kappa shape index (κ1) is 14.4. The molecule has 2 atom stereocenters. The largest absolute Gasteiger partial charge is 0.493 e. The highest BCUT2D eigenvalue weighted by molar-refractivity contribution is 5.38. The minimum atomic E-state index is -0.467. The van der Waals surface area contributed by atoms with Crippen LogP contribution in [-0.4, -0.2) is 24.4 Å². The van der Waals surface area contributed by atoms with Crippen molar-refractivity contribution >= 4 is 0 Å². The molecule has 0 aliphatic carbocycles. The van der Waals surface area contributed by atoms with Gasteiger partial charge in [-0.3, -0.25) is 0 Å². The second kappa shape index (κ2) is 6.92. The van der Waals surface area contributed by atoms with Crippen molar-refractivity contribution in [3.63, 3.8) is 0 Å². The molecule has 1 saturated heterocycles. The van der Waals surface area contributed by atoms with Crippen molar-refractivity contribution in [3.8, 4) is 5.75 Å². The van der Waals surface area contributed by atoms with E-state index < -0.39 is 6.10 Å². The number of hydrogen-bond donors (Lipinski definition) is 1. The maximum absolute atomic E-state index is 10.4. The molecule has 0 aromatic heterocycles. The summed E-state index contributed by atoms with van der Waals surface area (Å²) in [6.07, 6.45) is 3.78. The SMILES string of the molecule is CCOc1ccc(C)cc1C(O)CCC1CCCO1. The summed E-state index contributed by atoms with van der Waals surface area (Å²) in [5, 5.41) is 10.4. The summed E-state index contributed by atoms with van der Waals surface area (Å²) in [6, 6.07) is 5.98. The lowest BCUT2D eigenvalue weighted by atomic mass is 9.99. The zero-order chi connectivity index (χ0) is 13.7. The standard InChI is InChI=1S/C16H24O3/c1-3-18-16-9-6-12(2)11-14(16)15(17)8-7-13-5-4-10-19-13/h6,9,11,13,15,17H,3-5,7-8,10H2,1-2H3. The number of aliphatic hydroxyl groups excluding tert-OH is 1. The van der Waals surface area contributed by atoms with Crippen LogP contribution in [0.25, 0.3) is 0 Å². The summed E-state index contributed by atoms with van der Waals surface area (Å²) >= 11 is 0. The molecule has 3 nitrogen and oxygen atoms in total. The molecule has 1 aromatic carbocycles. The first-order valence-electron chi connectivity index (χ1n) is 7.23. The minimum Gasteiger partial charge on any atom is -0.493 e. The van der Waals surface area contributed by atoms with Crippen LogP contribution < -0.4 is 4.74 Å². The lowest BCUT2D eigenvalue weighted by Crippen LogP contribution is -2.09. The van der Waals surface area contributed by atoms with Gasteiger partial charge in [0.1, 0.15) is 5.75 Å². The first-order valence-corrected chi connectivity index (χ1v) is 7.23. The maximum atomic E-state index is 10.4. The topological polar surface area (TPSA) is 38.7 Å². The summed E-state index contributed by atoms with van der Waals surface area (Å²) in [5.74, 6) is 0.799. The highest BCUT2D eigenvalue weighted by Crippen LogP contribution is 2.31. The Morgan fingerprint density at radius 3 is 3.00 bits per heavy atom. The first-order chi connectivity index (χ1) is 9.20. The van der Waals surface area contributed by atoms with Gasteiger partial charge in [0.2, 0.25) is 0 Å². The maximum Gasteiger partial charge on any atom is 0.125 e. The van der Waals surface area contributed by atoms with Crippen LogP contribution in [0.2, 0.25) is 0 Å². The van der Waals surface area contributed by atoms with Gasteiger partial charge in [0.05, 0.1) is 18.8 Å². The van der Waals surface area contributed by atoms with Gasteiger partial charge < -0.3 is 14.6 Å². The van der Waals surface area contributed by atoms with Crippen LogP contribution >= 0.6 is 0 Å². The van der Waals surface area contributed by atoms with E-state index in [1.54, 1.807) is 0 Å². The molecule has 106 valence electrons. The van der Waals surface area contributed by atoms with Gasteiger partial charge in [0.15, 0.2) is 0 Å². The summed E-state index contributed by atoms with van der Waals surface area (Å²) in [4.78, 5) is 0. The quantitative estimate of drug-likeness (QED) is 0.856. The molecule has 19 heavy (non-hydrogen) atoms. The van der Waals surface area contributed by atoms with E-state index in [1.165, 1.54) is 0 Å². The second-order valence-corrected chi connectivity index (χ2v) is 5.20. The molecule has 2 rings (SSSR count). The Bertz CT molecular complexity index is 397. The van der Waals surface area contributed by atoms with Crippen LogP contribution in [0.15, 0.2) is 18.2 Å². The van der Waals surface area contributed by atoms with Crippen molar-refractivity contribution in [2.75, 3.05) is 13.2 Å². The third-order valence-corrected chi connectivity index (χ3v) is 3.61. The molecule has 2 unspecified atom stereocenters. The van der Waals surface area contributed by atoms with Crippen molar-refractivity contribution in [1.29, 1.82) is 0 Å². The normalized spacial score (nSPS) is 20.5. The van der Waals surface area contributed by atoms with Crippen molar-refractivity contribution < 1.29 is 14.6 Å². The van der Waals surface area contributed by atoms with E-state index in [-0.39, 0.29) is 0 Å². The molecule has 0 saturated carbocycles. The predicted octanol–water partition coefficient (Wildman–Crippen LogP) is 3.39. The van der Waals surface area contributed by atoms with Crippen LogP contribution in [0.3, 0.4) is 0 Å². The molecule has 1 N–H and O–H groups in total. The number of aryl methyl sites for hydroxylation is 1. The lowest BCUT2D eigenvalue weighted by molar-refractivity contribution is 0.0804. The van der Waals surface area contributed by atoms with E-state index in [0.29, 0.717) is 12.7 Å². The average Bonchev–Trinajstić information content (AvgIpc) is 2.91. The molecule has 1 fully saturated rings. The van der Waals surface area contributed by atoms with Crippen molar-refractivity contribution in [2.24, 2.45) is 0 Å². The summed E-state index contributed by atoms with van der Waals surface area (Å²) in [7, 11) is 0. The molecule has 1 aliphatic rings. The second-order valence-electron chi connectivity index (χ2n) is 5.20. The van der Waals surface area contributed by atoms with E-state index in [0.717, 1.165) is 49.2 Å². The number of ether oxygens (including phenoxy) is 2. The van der Waals surface area contributed by atoms with E-state index >= 15 is 0 Å². The van der Waals surface area contributed by atoms with Gasteiger partial charge in [-0.1, -0.05) is 11.6 Å². The summed E-state index contributed by atoms with van der Waals surface area (Å²) in [6.45, 7) is 5.48. The Morgan fingerprint density at radius 2 is 2.32 bits per heavy atom. The van der Waals surface area contributed by atoms with E-state index in [1.807, 2.05) is 32.0 Å². The molecule has 0 radical (unpaired) electrons. The molecule has 1 aromatic rings. The summed E-state index contributed by atoms with van der Waals surface area (Å²) in [5.41, 5.74) is 2.05. The van der Waals surface area contributed by atoms with Crippen LogP contribution in [0, 0.1) is 6.92 Å². The van der Waals surface area contributed by atoms with Gasteiger partial charge in [-0.25, -0.2) is 0 Å². The van der Waals surface area contributed by atoms with Gasteiger partial charge >= 0.3 is 0 Å². The van der Waals surface area contributed by atoms with Crippen LogP contribution in [0.1, 0.15) is 49.8 Å². The zero-order valence-corrected chi connectivity index (χ0v) is 11.9. The van der Waals surface area contributed by atoms with Crippen LogP contribution in [0.4, 0.5) is 0 Å². The third-order valence-electron chi connectivity index (χ3n) is 3.61. The van der Waals surface area contributed by atoms with Gasteiger partial charge in [-0.2, -0.15) is 0 Å². The monoisotopic (exact) mass is 264 g/mol. The van der Waals surface area contributed by atoms with Crippen molar-refractivity contribution in [1.82, 2.24) is 0 Å². The van der Waals surface area contributed by atoms with Crippen LogP contribution in [0.5, 0.6) is 5.75 Å². The van der Waals surface area contributed by atoms with Gasteiger partial charge in [0.25, 0.3) is 0 Å². The van der Waals surface area contributed by atoms with E-state index in [4.69, 9.17) is 9.47 Å². The molecule has 0 spiro atoms. The fourth-order valence-electron chi connectivity index (χ4n) is 2.59. The highest BCUT2D eigenvalue weighted by Gasteiger charge is 2.19. The average molecular weight is 264 g/mol. The van der Waals surface area contributed by atoms with Gasteiger partial charge in [-0.05, 0) is 51.7 Å². The molecule has 3 heteroatoms. The smallest absolute Gasteiger partial charge is 0.125 e. The highest BCUT2D eigenvalue weighted by atomic mass is 16.5. The number of hydrogen-bond acceptors (Lipinski definition) is 3. The number of rotatable bonds is 6. The van der Waals surface area contributed by atoms with E-state index in [9.17, 15) is 5.11 Å². The fraction of sp³-hybridized carbons (Fsp3) is 0.625. The predicted molar refractivity (Wildman–Crippen MR) is 75.5 cm³/mol. The molecule has 0 bridgehead atoms. The third kappa shape index (κ3) is 3.95. The van der Waals surface area contributed by atoms with Gasteiger partial charge in [0, 0.05) is 12.2 Å². The Labute approximate surface area is 115 Å². The van der Waals surface area contributed by atoms with Crippen molar-refractivity contribution in [3.05, 3.63) is 29.3 Å². The number of benzene rings is 1. The zero-order valence-electron chi connectivity index (χ0n) is 11.9. The minimum absolute atomic E-state index is 0.329.